The van der Waals surface area contributed by atoms with Crippen LogP contribution >= 0.6 is 15.9 Å². The molecule has 4 nitrogen and oxygen atoms in total. The Kier molecular flexibility index (Phi) is 3.72. The Labute approximate surface area is 97.0 Å². The lowest BCUT2D eigenvalue weighted by Gasteiger charge is -2.11. The Hall–Kier alpha value is -1.33. The molecule has 0 aliphatic rings. The van der Waals surface area contributed by atoms with Gasteiger partial charge in [-0.15, -0.1) is 13.2 Å². The molecular weight excluding hydrogens is 291 g/mol. The van der Waals surface area contributed by atoms with Crippen LogP contribution in [-0.4, -0.2) is 11.3 Å². The van der Waals surface area contributed by atoms with Crippen LogP contribution in [0.5, 0.6) is 5.88 Å². The summed E-state index contributed by atoms with van der Waals surface area (Å²) in [6.45, 7) is 0.0502. The topological polar surface area (TPSA) is 71.9 Å². The zero-order valence-corrected chi connectivity index (χ0v) is 9.26. The average molecular weight is 296 g/mol. The zero-order valence-electron chi connectivity index (χ0n) is 7.68. The Bertz CT molecular complexity index is 441. The van der Waals surface area contributed by atoms with Crippen molar-refractivity contribution in [3.05, 3.63) is 21.8 Å². The molecule has 16 heavy (non-hydrogen) atoms. The van der Waals surface area contributed by atoms with Gasteiger partial charge in [-0.3, -0.25) is 0 Å². The first-order chi connectivity index (χ1) is 7.39. The van der Waals surface area contributed by atoms with Crippen LogP contribution in [0.15, 0.2) is 10.7 Å². The summed E-state index contributed by atoms with van der Waals surface area (Å²) in [5.41, 5.74) is 5.40. The maximum absolute atomic E-state index is 12.0. The van der Waals surface area contributed by atoms with Crippen LogP contribution in [0.1, 0.15) is 11.1 Å². The van der Waals surface area contributed by atoms with Crippen molar-refractivity contribution in [3.8, 4) is 11.9 Å². The second-order valence-electron chi connectivity index (χ2n) is 2.64. The van der Waals surface area contributed by atoms with Gasteiger partial charge in [-0.25, -0.2) is 4.98 Å². The normalized spacial score (nSPS) is 11.0. The van der Waals surface area contributed by atoms with Crippen molar-refractivity contribution in [2.75, 3.05) is 0 Å². The highest BCUT2D eigenvalue weighted by Crippen LogP contribution is 2.30. The van der Waals surface area contributed by atoms with Gasteiger partial charge in [0.2, 0.25) is 5.88 Å². The van der Waals surface area contributed by atoms with Gasteiger partial charge < -0.3 is 10.5 Å². The summed E-state index contributed by atoms with van der Waals surface area (Å²) in [7, 11) is 0. The third-order valence-electron chi connectivity index (χ3n) is 1.60. The highest BCUT2D eigenvalue weighted by molar-refractivity contribution is 9.10. The van der Waals surface area contributed by atoms with Gasteiger partial charge in [0.05, 0.1) is 0 Å². The minimum absolute atomic E-state index is 0.0502. The lowest BCUT2D eigenvalue weighted by atomic mass is 10.2. The molecule has 0 bridgehead atoms. The Morgan fingerprint density at radius 3 is 2.62 bits per heavy atom. The predicted molar refractivity (Wildman–Crippen MR) is 51.2 cm³/mol. The van der Waals surface area contributed by atoms with Crippen molar-refractivity contribution in [3.63, 3.8) is 0 Å². The molecule has 0 spiro atoms. The summed E-state index contributed by atoms with van der Waals surface area (Å²) < 4.78 is 39.6. The third kappa shape index (κ3) is 2.84. The first-order valence-corrected chi connectivity index (χ1v) is 4.71. The molecule has 86 valence electrons. The number of nitriles is 1. The Balaban J connectivity index is 3.23. The van der Waals surface area contributed by atoms with Gasteiger partial charge in [0.15, 0.2) is 0 Å². The molecule has 1 aromatic heterocycles. The molecule has 0 saturated carbocycles. The number of ether oxygens (including phenoxy) is 1. The standard InChI is InChI=1S/C8H5BrF3N3O/c9-6-4(1-13)3-15-7(5(6)2-14)16-8(10,11)12/h3H,1,13H2. The lowest BCUT2D eigenvalue weighted by molar-refractivity contribution is -0.276. The molecule has 0 aliphatic heterocycles. The largest absolute Gasteiger partial charge is 0.574 e. The SMILES string of the molecule is N#Cc1c(OC(F)(F)F)ncc(CN)c1Br. The molecule has 0 fully saturated rings. The number of halogens is 4. The van der Waals surface area contributed by atoms with E-state index in [1.165, 1.54) is 0 Å². The van der Waals surface area contributed by atoms with E-state index in [0.717, 1.165) is 6.20 Å². The fourth-order valence-electron chi connectivity index (χ4n) is 0.938. The van der Waals surface area contributed by atoms with E-state index in [9.17, 15) is 13.2 Å². The predicted octanol–water partition coefficient (Wildman–Crippen LogP) is 2.07. The van der Waals surface area contributed by atoms with E-state index in [4.69, 9.17) is 11.0 Å². The molecule has 0 saturated heterocycles. The van der Waals surface area contributed by atoms with Crippen molar-refractivity contribution in [2.45, 2.75) is 12.9 Å². The highest BCUT2D eigenvalue weighted by Gasteiger charge is 2.33. The van der Waals surface area contributed by atoms with Gasteiger partial charge in [-0.1, -0.05) is 0 Å². The summed E-state index contributed by atoms with van der Waals surface area (Å²) in [5, 5.41) is 8.71. The number of rotatable bonds is 2. The second kappa shape index (κ2) is 4.67. The van der Waals surface area contributed by atoms with Gasteiger partial charge in [-0.05, 0) is 21.5 Å². The first-order valence-electron chi connectivity index (χ1n) is 3.92. The van der Waals surface area contributed by atoms with Gasteiger partial charge in [0.1, 0.15) is 11.6 Å². The van der Waals surface area contributed by atoms with Crippen molar-refractivity contribution in [1.29, 1.82) is 5.26 Å². The van der Waals surface area contributed by atoms with E-state index < -0.39 is 12.2 Å². The van der Waals surface area contributed by atoms with Crippen LogP contribution in [0.25, 0.3) is 0 Å². The molecule has 0 radical (unpaired) electrons. The van der Waals surface area contributed by atoms with Crippen molar-refractivity contribution >= 4 is 15.9 Å². The molecule has 8 heteroatoms. The zero-order chi connectivity index (χ0) is 12.3. The molecule has 1 aromatic rings. The van der Waals surface area contributed by atoms with E-state index in [-0.39, 0.29) is 16.6 Å². The van der Waals surface area contributed by atoms with E-state index >= 15 is 0 Å². The molecule has 0 unspecified atom stereocenters. The van der Waals surface area contributed by atoms with Gasteiger partial charge in [-0.2, -0.15) is 5.26 Å². The fourth-order valence-corrected chi connectivity index (χ4v) is 1.46. The minimum atomic E-state index is -4.89. The van der Waals surface area contributed by atoms with Crippen molar-refractivity contribution in [1.82, 2.24) is 4.98 Å². The van der Waals surface area contributed by atoms with Crippen molar-refractivity contribution in [2.24, 2.45) is 5.73 Å². The van der Waals surface area contributed by atoms with Crippen LogP contribution in [-0.2, 0) is 6.54 Å². The van der Waals surface area contributed by atoms with Crippen LogP contribution < -0.4 is 10.5 Å². The number of nitrogens with zero attached hydrogens (tertiary/aromatic N) is 2. The van der Waals surface area contributed by atoms with E-state index in [1.807, 2.05) is 0 Å². The quantitative estimate of drug-likeness (QED) is 0.907. The van der Waals surface area contributed by atoms with E-state index in [0.29, 0.717) is 5.56 Å². The van der Waals surface area contributed by atoms with Gasteiger partial charge >= 0.3 is 6.36 Å². The molecule has 1 rings (SSSR count). The molecule has 0 aromatic carbocycles. The van der Waals surface area contributed by atoms with Crippen LogP contribution in [0.2, 0.25) is 0 Å². The van der Waals surface area contributed by atoms with Crippen molar-refractivity contribution < 1.29 is 17.9 Å². The molecular formula is C8H5BrF3N3O. The van der Waals surface area contributed by atoms with Crippen LogP contribution in [0.3, 0.4) is 0 Å². The average Bonchev–Trinajstić information content (AvgIpc) is 2.16. The maximum Gasteiger partial charge on any atom is 0.574 e. The molecule has 0 atom stereocenters. The number of hydrogen-bond donors (Lipinski definition) is 1. The first kappa shape index (κ1) is 12.7. The molecule has 2 N–H and O–H groups in total. The van der Waals surface area contributed by atoms with E-state index in [1.54, 1.807) is 6.07 Å². The summed E-state index contributed by atoms with van der Waals surface area (Å²) >= 11 is 2.97. The third-order valence-corrected chi connectivity index (χ3v) is 2.50. The number of pyridine rings is 1. The lowest BCUT2D eigenvalue weighted by Crippen LogP contribution is -2.19. The minimum Gasteiger partial charge on any atom is -0.386 e. The van der Waals surface area contributed by atoms with Gasteiger partial charge in [0, 0.05) is 17.2 Å². The maximum atomic E-state index is 12.0. The molecule has 0 aliphatic carbocycles. The van der Waals surface area contributed by atoms with Crippen LogP contribution in [0, 0.1) is 11.3 Å². The summed E-state index contributed by atoms with van der Waals surface area (Å²) in [5.74, 6) is -0.793. The Morgan fingerprint density at radius 2 is 2.19 bits per heavy atom. The summed E-state index contributed by atoms with van der Waals surface area (Å²) in [6, 6.07) is 1.57. The summed E-state index contributed by atoms with van der Waals surface area (Å²) in [4.78, 5) is 3.39. The van der Waals surface area contributed by atoms with E-state index in [2.05, 4.69) is 25.7 Å². The summed E-state index contributed by atoms with van der Waals surface area (Å²) in [6.07, 6.45) is -3.77. The monoisotopic (exact) mass is 295 g/mol. The number of nitrogens with two attached hydrogens (primary N) is 1. The number of hydrogen-bond acceptors (Lipinski definition) is 4. The Morgan fingerprint density at radius 1 is 1.56 bits per heavy atom. The van der Waals surface area contributed by atoms with Gasteiger partial charge in [0.25, 0.3) is 0 Å². The number of aromatic nitrogens is 1. The smallest absolute Gasteiger partial charge is 0.386 e. The highest BCUT2D eigenvalue weighted by atomic mass is 79.9. The fraction of sp³-hybridized carbons (Fsp3) is 0.250. The molecule has 0 amide bonds. The second-order valence-corrected chi connectivity index (χ2v) is 3.43. The molecule has 1 heterocycles. The number of alkyl halides is 3. The van der Waals surface area contributed by atoms with Crippen LogP contribution in [0.4, 0.5) is 13.2 Å².